The number of carbonyl (C=O) groups is 3. The first-order chi connectivity index (χ1) is 12.8. The van der Waals surface area contributed by atoms with Crippen molar-refractivity contribution >= 4 is 40.1 Å². The summed E-state index contributed by atoms with van der Waals surface area (Å²) in [7, 11) is 3.22. The van der Waals surface area contributed by atoms with Crippen molar-refractivity contribution in [1.82, 2.24) is 4.90 Å². The third kappa shape index (κ3) is 12.4. The van der Waals surface area contributed by atoms with E-state index >= 15 is 0 Å². The second-order valence-corrected chi connectivity index (χ2v) is 10.4. The molecule has 8 nitrogen and oxygen atoms in total. The van der Waals surface area contributed by atoms with Gasteiger partial charge in [0.1, 0.15) is 6.10 Å². The number of carbonyl (C=O) groups excluding carboxylic acids is 2. The second kappa shape index (κ2) is 14.8. The van der Waals surface area contributed by atoms with Crippen molar-refractivity contribution in [2.75, 3.05) is 12.8 Å². The smallest absolute Gasteiger partial charge is 0.450 e. The number of amides is 2. The van der Waals surface area contributed by atoms with Gasteiger partial charge >= 0.3 is 6.16 Å². The molecule has 0 aliphatic carbocycles. The number of primary amides is 1. The number of hydrogen-bond acceptors (Lipinski definition) is 7. The summed E-state index contributed by atoms with van der Waals surface area (Å²) in [5.41, 5.74) is 9.97. The number of ether oxygens (including phenoxy) is 1. The Hall–Kier alpha value is -1.13. The zero-order valence-electron chi connectivity index (χ0n) is 18.0. The Labute approximate surface area is 176 Å². The van der Waals surface area contributed by atoms with Crippen LogP contribution in [0.4, 0.5) is 4.79 Å². The summed E-state index contributed by atoms with van der Waals surface area (Å²) < 4.78 is 4.55. The standard InChI is InChI=1S/C11H22N2O.C6H12O3S2.CH3NO/c1-8-6-5-7-13(8)10(14)9(12)11(2,3)4;1-4(9-6(7)8)5(2)11-10-3;2-1-3/h8-9H,5-7,12H2,1-4H3;4-5H,1-3H3,(H,7,8);1H,(H2,2,3). The van der Waals surface area contributed by atoms with E-state index in [9.17, 15) is 9.59 Å². The van der Waals surface area contributed by atoms with Crippen molar-refractivity contribution in [2.24, 2.45) is 16.9 Å². The van der Waals surface area contributed by atoms with Gasteiger partial charge in [0.15, 0.2) is 0 Å². The van der Waals surface area contributed by atoms with E-state index in [1.165, 1.54) is 0 Å². The maximum absolute atomic E-state index is 12.0. The minimum Gasteiger partial charge on any atom is -0.450 e. The largest absolute Gasteiger partial charge is 0.506 e. The summed E-state index contributed by atoms with van der Waals surface area (Å²) in [5, 5.41) is 8.46. The summed E-state index contributed by atoms with van der Waals surface area (Å²) in [5.74, 6) is 0.113. The first-order valence-electron chi connectivity index (χ1n) is 9.13. The molecule has 0 saturated carbocycles. The predicted molar refractivity (Wildman–Crippen MR) is 117 cm³/mol. The number of nitrogens with two attached hydrogens (primary N) is 2. The highest BCUT2D eigenvalue weighted by molar-refractivity contribution is 8.76. The van der Waals surface area contributed by atoms with Gasteiger partial charge < -0.3 is 26.2 Å². The molecule has 2 amide bonds. The van der Waals surface area contributed by atoms with Crippen LogP contribution in [0, 0.1) is 5.41 Å². The van der Waals surface area contributed by atoms with Gasteiger partial charge in [0.2, 0.25) is 12.3 Å². The Morgan fingerprint density at radius 2 is 1.82 bits per heavy atom. The van der Waals surface area contributed by atoms with E-state index in [2.05, 4.69) is 17.4 Å². The van der Waals surface area contributed by atoms with Crippen LogP contribution in [0.3, 0.4) is 0 Å². The number of rotatable bonds is 5. The predicted octanol–water partition coefficient (Wildman–Crippen LogP) is 2.94. The number of nitrogens with zero attached hydrogens (tertiary/aromatic N) is 1. The fourth-order valence-electron chi connectivity index (χ4n) is 2.29. The van der Waals surface area contributed by atoms with Gasteiger partial charge in [0.25, 0.3) is 0 Å². The van der Waals surface area contributed by atoms with E-state index < -0.39 is 6.16 Å². The normalized spacial score (nSPS) is 19.1. The SMILES string of the molecule is CC1CCCN1C(=O)C(N)C(C)(C)C.CSSC(C)C(C)OC(=O)O.NC=O. The molecule has 4 atom stereocenters. The van der Waals surface area contributed by atoms with Gasteiger partial charge in [-0.25, -0.2) is 4.79 Å². The highest BCUT2D eigenvalue weighted by atomic mass is 33.1. The topological polar surface area (TPSA) is 136 Å². The molecule has 0 bridgehead atoms. The molecule has 10 heteroatoms. The highest BCUT2D eigenvalue weighted by Gasteiger charge is 2.34. The lowest BCUT2D eigenvalue weighted by molar-refractivity contribution is -0.135. The molecule has 0 aromatic heterocycles. The van der Waals surface area contributed by atoms with Gasteiger partial charge in [-0.1, -0.05) is 42.4 Å². The molecule has 1 aliphatic heterocycles. The number of carboxylic acid groups (broad SMARTS) is 1. The second-order valence-electron chi connectivity index (χ2n) is 7.56. The van der Waals surface area contributed by atoms with Crippen LogP contribution in [0.5, 0.6) is 0 Å². The average Bonchev–Trinajstić information content (AvgIpc) is 2.99. The van der Waals surface area contributed by atoms with Crippen LogP contribution < -0.4 is 11.5 Å². The molecular formula is C18H37N3O5S2. The summed E-state index contributed by atoms with van der Waals surface area (Å²) in [4.78, 5) is 32.6. The average molecular weight is 440 g/mol. The van der Waals surface area contributed by atoms with Crippen LogP contribution in [0.1, 0.15) is 54.4 Å². The van der Waals surface area contributed by atoms with E-state index in [1.54, 1.807) is 28.5 Å². The monoisotopic (exact) mass is 439 g/mol. The van der Waals surface area contributed by atoms with E-state index in [4.69, 9.17) is 15.6 Å². The Balaban J connectivity index is 0. The van der Waals surface area contributed by atoms with E-state index in [0.29, 0.717) is 6.04 Å². The highest BCUT2D eigenvalue weighted by Crippen LogP contribution is 2.26. The van der Waals surface area contributed by atoms with Gasteiger partial charge in [-0.05, 0) is 45.3 Å². The zero-order chi connectivity index (χ0) is 22.5. The van der Waals surface area contributed by atoms with Gasteiger partial charge in [0, 0.05) is 17.8 Å². The van der Waals surface area contributed by atoms with Crippen molar-refractivity contribution in [3.05, 3.63) is 0 Å². The third-order valence-corrected chi connectivity index (χ3v) is 6.60. The first kappa shape index (κ1) is 29.1. The van der Waals surface area contributed by atoms with Gasteiger partial charge in [0.05, 0.1) is 6.04 Å². The summed E-state index contributed by atoms with van der Waals surface area (Å²) >= 11 is 0. The minimum atomic E-state index is -1.20. The van der Waals surface area contributed by atoms with Crippen LogP contribution in [-0.4, -0.2) is 64.7 Å². The molecule has 5 N–H and O–H groups in total. The van der Waals surface area contributed by atoms with Crippen molar-refractivity contribution in [3.8, 4) is 0 Å². The van der Waals surface area contributed by atoms with Gasteiger partial charge in [-0.3, -0.25) is 9.59 Å². The van der Waals surface area contributed by atoms with Crippen molar-refractivity contribution in [2.45, 2.75) is 77.8 Å². The molecule has 0 aromatic rings. The van der Waals surface area contributed by atoms with Crippen LogP contribution in [0.2, 0.25) is 0 Å². The molecular weight excluding hydrogens is 402 g/mol. The lowest BCUT2D eigenvalue weighted by Gasteiger charge is -2.31. The number of hydrogen-bond donors (Lipinski definition) is 3. The van der Waals surface area contributed by atoms with Crippen LogP contribution in [0.15, 0.2) is 0 Å². The molecule has 166 valence electrons. The van der Waals surface area contributed by atoms with Crippen molar-refractivity contribution < 1.29 is 24.2 Å². The summed E-state index contributed by atoms with van der Waals surface area (Å²) in [6, 6.07) is -0.000972. The molecule has 4 unspecified atom stereocenters. The third-order valence-electron chi connectivity index (χ3n) is 4.23. The summed E-state index contributed by atoms with van der Waals surface area (Å²) in [6.45, 7) is 12.7. The van der Waals surface area contributed by atoms with E-state index in [0.717, 1.165) is 19.4 Å². The van der Waals surface area contributed by atoms with Crippen LogP contribution >= 0.6 is 21.6 Å². The molecule has 1 rings (SSSR count). The minimum absolute atomic E-state index is 0.113. The maximum Gasteiger partial charge on any atom is 0.506 e. The molecule has 0 aromatic carbocycles. The van der Waals surface area contributed by atoms with Crippen LogP contribution in [0.25, 0.3) is 0 Å². The van der Waals surface area contributed by atoms with Crippen LogP contribution in [-0.2, 0) is 14.3 Å². The van der Waals surface area contributed by atoms with Gasteiger partial charge in [-0.2, -0.15) is 0 Å². The Morgan fingerprint density at radius 3 is 2.14 bits per heavy atom. The molecule has 1 aliphatic rings. The zero-order valence-corrected chi connectivity index (χ0v) is 19.6. The van der Waals surface area contributed by atoms with E-state index in [-0.39, 0.29) is 35.1 Å². The Bertz CT molecular complexity index is 471. The summed E-state index contributed by atoms with van der Waals surface area (Å²) in [6.07, 6.45) is 2.98. The fraction of sp³-hybridized carbons (Fsp3) is 0.833. The molecule has 28 heavy (non-hydrogen) atoms. The molecule has 1 saturated heterocycles. The maximum atomic E-state index is 12.0. The molecule has 0 spiro atoms. The molecule has 1 heterocycles. The quantitative estimate of drug-likeness (QED) is 0.338. The number of likely N-dealkylation sites (tertiary alicyclic amines) is 1. The molecule has 1 fully saturated rings. The Morgan fingerprint density at radius 1 is 1.32 bits per heavy atom. The Kier molecular flexibility index (Phi) is 15.4. The fourth-order valence-corrected chi connectivity index (χ4v) is 4.19. The molecule has 0 radical (unpaired) electrons. The van der Waals surface area contributed by atoms with Crippen molar-refractivity contribution in [1.29, 1.82) is 0 Å². The lowest BCUT2D eigenvalue weighted by Crippen LogP contribution is -2.51. The van der Waals surface area contributed by atoms with Gasteiger partial charge in [-0.15, -0.1) is 0 Å². The van der Waals surface area contributed by atoms with Crippen molar-refractivity contribution in [3.63, 3.8) is 0 Å². The first-order valence-corrected chi connectivity index (χ1v) is 11.8. The van der Waals surface area contributed by atoms with E-state index in [1.807, 2.05) is 38.9 Å². The lowest BCUT2D eigenvalue weighted by atomic mass is 9.86.